The quantitative estimate of drug-likeness (QED) is 0.804. The second kappa shape index (κ2) is 5.89. The van der Waals surface area contributed by atoms with E-state index in [-0.39, 0.29) is 5.91 Å². The van der Waals surface area contributed by atoms with Crippen LogP contribution < -0.4 is 10.1 Å². The molecule has 0 radical (unpaired) electrons. The normalized spacial score (nSPS) is 10.6. The van der Waals surface area contributed by atoms with Crippen LogP contribution in [0.2, 0.25) is 0 Å². The third-order valence-corrected chi connectivity index (χ3v) is 3.39. The minimum absolute atomic E-state index is 0.137. The van der Waals surface area contributed by atoms with Gasteiger partial charge in [0.1, 0.15) is 0 Å². The van der Waals surface area contributed by atoms with Gasteiger partial charge in [0.05, 0.1) is 17.5 Å². The van der Waals surface area contributed by atoms with Crippen molar-refractivity contribution in [2.75, 3.05) is 11.9 Å². The molecule has 0 spiro atoms. The molecule has 0 aliphatic heterocycles. The van der Waals surface area contributed by atoms with E-state index in [2.05, 4.69) is 10.4 Å². The number of carbonyl (C=O) groups excluding carboxylic acids is 1. The molecule has 0 unspecified atom stereocenters. The van der Waals surface area contributed by atoms with E-state index in [0.717, 1.165) is 16.6 Å². The van der Waals surface area contributed by atoms with Gasteiger partial charge in [0.15, 0.2) is 0 Å². The zero-order valence-electron chi connectivity index (χ0n) is 12.5. The van der Waals surface area contributed by atoms with E-state index < -0.39 is 0 Å². The van der Waals surface area contributed by atoms with Gasteiger partial charge in [-0.1, -0.05) is 18.2 Å². The molecule has 1 N–H and O–H groups in total. The topological polar surface area (TPSA) is 56.1 Å². The summed E-state index contributed by atoms with van der Waals surface area (Å²) in [7, 11) is 1.87. The summed E-state index contributed by atoms with van der Waals surface area (Å²) in [6, 6.07) is 14.8. The highest BCUT2D eigenvalue weighted by Crippen LogP contribution is 2.27. The van der Waals surface area contributed by atoms with Gasteiger partial charge >= 0.3 is 0 Å². The average molecular weight is 295 g/mol. The van der Waals surface area contributed by atoms with Crippen molar-refractivity contribution in [1.82, 2.24) is 9.78 Å². The van der Waals surface area contributed by atoms with Crippen LogP contribution in [0.25, 0.3) is 10.9 Å². The number of nitrogens with zero attached hydrogens (tertiary/aromatic N) is 2. The van der Waals surface area contributed by atoms with Gasteiger partial charge in [-0.05, 0) is 37.3 Å². The fourth-order valence-electron chi connectivity index (χ4n) is 2.35. The van der Waals surface area contributed by atoms with Crippen molar-refractivity contribution in [2.45, 2.75) is 6.92 Å². The van der Waals surface area contributed by atoms with Crippen molar-refractivity contribution >= 4 is 22.5 Å². The maximum Gasteiger partial charge on any atom is 0.255 e. The number of fused-ring (bicyclic) bond motifs is 1. The zero-order valence-corrected chi connectivity index (χ0v) is 12.5. The lowest BCUT2D eigenvalue weighted by molar-refractivity contribution is 0.102. The van der Waals surface area contributed by atoms with Crippen LogP contribution in [0.15, 0.2) is 48.5 Å². The molecule has 5 nitrogen and oxygen atoms in total. The highest BCUT2D eigenvalue weighted by Gasteiger charge is 2.11. The number of aromatic nitrogens is 2. The summed E-state index contributed by atoms with van der Waals surface area (Å²) in [5.74, 6) is 0.442. The maximum atomic E-state index is 12.2. The Morgan fingerprint density at radius 3 is 2.73 bits per heavy atom. The lowest BCUT2D eigenvalue weighted by atomic mass is 10.2. The Morgan fingerprint density at radius 1 is 1.23 bits per heavy atom. The smallest absolute Gasteiger partial charge is 0.255 e. The number of hydrogen-bond donors (Lipinski definition) is 1. The van der Waals surface area contributed by atoms with Crippen LogP contribution in [0, 0.1) is 0 Å². The number of benzene rings is 2. The summed E-state index contributed by atoms with van der Waals surface area (Å²) in [6.07, 6.45) is 0. The van der Waals surface area contributed by atoms with Gasteiger partial charge in [-0.3, -0.25) is 9.48 Å². The lowest BCUT2D eigenvalue weighted by Crippen LogP contribution is -2.11. The van der Waals surface area contributed by atoms with Crippen LogP contribution in [-0.4, -0.2) is 22.3 Å². The van der Waals surface area contributed by atoms with E-state index in [0.29, 0.717) is 18.1 Å². The van der Waals surface area contributed by atoms with Crippen molar-refractivity contribution < 1.29 is 9.53 Å². The molecule has 3 rings (SSSR count). The molecule has 0 fully saturated rings. The van der Waals surface area contributed by atoms with Crippen LogP contribution in [0.3, 0.4) is 0 Å². The van der Waals surface area contributed by atoms with Crippen LogP contribution >= 0.6 is 0 Å². The average Bonchev–Trinajstić information content (AvgIpc) is 2.84. The van der Waals surface area contributed by atoms with Gasteiger partial charge in [-0.15, -0.1) is 5.10 Å². The number of carbonyl (C=O) groups is 1. The van der Waals surface area contributed by atoms with Crippen LogP contribution in [0.4, 0.5) is 5.69 Å². The summed E-state index contributed by atoms with van der Waals surface area (Å²) >= 11 is 0. The van der Waals surface area contributed by atoms with Gasteiger partial charge in [0, 0.05) is 18.3 Å². The highest BCUT2D eigenvalue weighted by molar-refractivity contribution is 6.05. The Morgan fingerprint density at radius 2 is 2.00 bits per heavy atom. The van der Waals surface area contributed by atoms with Gasteiger partial charge in [-0.2, -0.15) is 0 Å². The fraction of sp³-hybridized carbons (Fsp3) is 0.176. The third kappa shape index (κ3) is 2.65. The minimum atomic E-state index is -0.137. The Kier molecular flexibility index (Phi) is 3.78. The van der Waals surface area contributed by atoms with Crippen LogP contribution in [-0.2, 0) is 7.05 Å². The summed E-state index contributed by atoms with van der Waals surface area (Å²) in [4.78, 5) is 12.2. The summed E-state index contributed by atoms with van der Waals surface area (Å²) < 4.78 is 7.31. The van der Waals surface area contributed by atoms with Crippen LogP contribution in [0.5, 0.6) is 5.88 Å². The van der Waals surface area contributed by atoms with E-state index in [9.17, 15) is 4.79 Å². The number of hydrogen-bond acceptors (Lipinski definition) is 3. The van der Waals surface area contributed by atoms with Gasteiger partial charge in [0.2, 0.25) is 5.88 Å². The van der Waals surface area contributed by atoms with Crippen molar-refractivity contribution in [1.29, 1.82) is 0 Å². The molecule has 0 aliphatic rings. The molecule has 0 saturated carbocycles. The number of rotatable bonds is 4. The van der Waals surface area contributed by atoms with Crippen molar-refractivity contribution in [3.8, 4) is 5.88 Å². The number of anilines is 1. The Balaban J connectivity index is 1.91. The predicted molar refractivity (Wildman–Crippen MR) is 86.3 cm³/mol. The largest absolute Gasteiger partial charge is 0.476 e. The van der Waals surface area contributed by atoms with Crippen molar-refractivity contribution in [2.24, 2.45) is 7.05 Å². The third-order valence-electron chi connectivity index (χ3n) is 3.39. The number of ether oxygens (including phenoxy) is 1. The van der Waals surface area contributed by atoms with Gasteiger partial charge in [0.25, 0.3) is 5.91 Å². The summed E-state index contributed by atoms with van der Waals surface area (Å²) in [5.41, 5.74) is 2.30. The summed E-state index contributed by atoms with van der Waals surface area (Å²) in [5, 5.41) is 8.12. The van der Waals surface area contributed by atoms with Crippen molar-refractivity contribution in [3.05, 3.63) is 54.1 Å². The second-order valence-electron chi connectivity index (χ2n) is 4.91. The van der Waals surface area contributed by atoms with Gasteiger partial charge < -0.3 is 10.1 Å². The lowest BCUT2D eigenvalue weighted by Gasteiger charge is -2.06. The molecule has 22 heavy (non-hydrogen) atoms. The molecule has 0 bridgehead atoms. The molecule has 1 amide bonds. The molecular formula is C17H17N3O2. The van der Waals surface area contributed by atoms with Gasteiger partial charge in [-0.25, -0.2) is 0 Å². The monoisotopic (exact) mass is 295 g/mol. The first-order valence-corrected chi connectivity index (χ1v) is 7.15. The predicted octanol–water partition coefficient (Wildman–Crippen LogP) is 3.22. The number of nitrogens with one attached hydrogen (secondary N) is 1. The molecule has 5 heteroatoms. The van der Waals surface area contributed by atoms with Crippen molar-refractivity contribution in [3.63, 3.8) is 0 Å². The second-order valence-corrected chi connectivity index (χ2v) is 4.91. The first kappa shape index (κ1) is 14.1. The SMILES string of the molecule is CCOc1nn(C)c2ccc(NC(=O)c3ccccc3)cc12. The number of aryl methyl sites for hydroxylation is 1. The molecule has 3 aromatic rings. The van der Waals surface area contributed by atoms with E-state index >= 15 is 0 Å². The molecular weight excluding hydrogens is 278 g/mol. The molecule has 0 atom stereocenters. The van der Waals surface area contributed by atoms with E-state index in [1.807, 2.05) is 50.4 Å². The molecule has 0 aliphatic carbocycles. The fourth-order valence-corrected chi connectivity index (χ4v) is 2.35. The highest BCUT2D eigenvalue weighted by atomic mass is 16.5. The standard InChI is InChI=1S/C17H17N3O2/c1-3-22-17-14-11-13(9-10-15(14)20(2)19-17)18-16(21)12-7-5-4-6-8-12/h4-11H,3H2,1-2H3,(H,18,21). The van der Waals surface area contributed by atoms with E-state index in [1.54, 1.807) is 16.8 Å². The summed E-state index contributed by atoms with van der Waals surface area (Å²) in [6.45, 7) is 2.47. The first-order valence-electron chi connectivity index (χ1n) is 7.15. The Labute approximate surface area is 128 Å². The molecule has 2 aromatic carbocycles. The minimum Gasteiger partial charge on any atom is -0.476 e. The molecule has 112 valence electrons. The maximum absolute atomic E-state index is 12.2. The van der Waals surface area contributed by atoms with Crippen LogP contribution in [0.1, 0.15) is 17.3 Å². The number of amides is 1. The molecule has 0 saturated heterocycles. The molecule has 1 aromatic heterocycles. The zero-order chi connectivity index (χ0) is 15.5. The molecule has 1 heterocycles. The first-order chi connectivity index (χ1) is 10.7. The Hall–Kier alpha value is -2.82. The van der Waals surface area contributed by atoms with E-state index in [4.69, 9.17) is 4.74 Å². The van der Waals surface area contributed by atoms with E-state index in [1.165, 1.54) is 0 Å². The Bertz CT molecular complexity index is 809.